The van der Waals surface area contributed by atoms with Gasteiger partial charge in [-0.05, 0) is 30.7 Å². The van der Waals surface area contributed by atoms with Crippen LogP contribution in [0.5, 0.6) is 5.75 Å². The van der Waals surface area contributed by atoms with Crippen molar-refractivity contribution in [1.82, 2.24) is 9.78 Å². The molecule has 0 radical (unpaired) electrons. The van der Waals surface area contributed by atoms with Crippen molar-refractivity contribution in [2.75, 3.05) is 19.0 Å². The van der Waals surface area contributed by atoms with Gasteiger partial charge in [0.15, 0.2) is 12.3 Å². The molecule has 0 fully saturated rings. The Bertz CT molecular complexity index is 1210. The third-order valence-electron chi connectivity index (χ3n) is 5.05. The van der Waals surface area contributed by atoms with Gasteiger partial charge in [-0.1, -0.05) is 56.0 Å². The number of benzene rings is 2. The largest absolute Gasteiger partial charge is 0.495 e. The molecule has 3 rings (SSSR count). The van der Waals surface area contributed by atoms with Crippen molar-refractivity contribution in [3.63, 3.8) is 0 Å². The Labute approximate surface area is 196 Å². The fraction of sp³-hybridized carbons (Fsp3) is 0.333. The summed E-state index contributed by atoms with van der Waals surface area (Å²) in [7, 11) is 1.47. The molecule has 0 spiro atoms. The van der Waals surface area contributed by atoms with Crippen molar-refractivity contribution in [1.29, 1.82) is 0 Å². The molecule has 9 heteroatoms. The van der Waals surface area contributed by atoms with E-state index in [0.29, 0.717) is 33.8 Å². The molecular weight excluding hydrogens is 446 g/mol. The first-order valence-electron chi connectivity index (χ1n) is 10.7. The second-order valence-corrected chi connectivity index (χ2v) is 7.89. The second kappa shape index (κ2) is 11.5. The van der Waals surface area contributed by atoms with Crippen LogP contribution < -0.4 is 15.6 Å². The Morgan fingerprint density at radius 3 is 2.58 bits per heavy atom. The van der Waals surface area contributed by atoms with Gasteiger partial charge in [0.2, 0.25) is 0 Å². The molecule has 1 heterocycles. The first-order chi connectivity index (χ1) is 15.9. The van der Waals surface area contributed by atoms with E-state index in [4.69, 9.17) is 21.1 Å². The van der Waals surface area contributed by atoms with Crippen LogP contribution in [-0.4, -0.2) is 35.4 Å². The molecular formula is C24H26ClN3O5. The maximum atomic E-state index is 12.8. The van der Waals surface area contributed by atoms with Gasteiger partial charge in [-0.15, -0.1) is 0 Å². The number of aromatic nitrogens is 2. The van der Waals surface area contributed by atoms with Crippen LogP contribution in [0.25, 0.3) is 10.8 Å². The molecule has 33 heavy (non-hydrogen) atoms. The minimum atomic E-state index is -0.790. The molecule has 0 atom stereocenters. The molecule has 0 aliphatic heterocycles. The number of nitrogens with zero attached hydrogens (tertiary/aromatic N) is 2. The number of anilines is 1. The first kappa shape index (κ1) is 24.3. The number of methoxy groups -OCH3 is 1. The predicted octanol–water partition coefficient (Wildman–Crippen LogP) is 4.43. The summed E-state index contributed by atoms with van der Waals surface area (Å²) in [5.41, 5.74) is 0.0912. The number of carbonyl (C=O) groups excluding carboxylic acids is 2. The number of esters is 1. The smallest absolute Gasteiger partial charge is 0.359 e. The Kier molecular flexibility index (Phi) is 8.43. The van der Waals surface area contributed by atoms with E-state index < -0.39 is 18.5 Å². The lowest BCUT2D eigenvalue weighted by molar-refractivity contribution is -0.119. The van der Waals surface area contributed by atoms with Gasteiger partial charge in [0.25, 0.3) is 11.5 Å². The first-order valence-corrected chi connectivity index (χ1v) is 11.1. The van der Waals surface area contributed by atoms with E-state index in [2.05, 4.69) is 17.3 Å². The van der Waals surface area contributed by atoms with Gasteiger partial charge in [-0.3, -0.25) is 9.59 Å². The van der Waals surface area contributed by atoms with Gasteiger partial charge in [0.1, 0.15) is 5.75 Å². The minimum Gasteiger partial charge on any atom is -0.495 e. The van der Waals surface area contributed by atoms with Crippen LogP contribution in [-0.2, 0) is 16.1 Å². The fourth-order valence-electron chi connectivity index (χ4n) is 3.39. The summed E-state index contributed by atoms with van der Waals surface area (Å²) < 4.78 is 11.7. The monoisotopic (exact) mass is 471 g/mol. The summed E-state index contributed by atoms with van der Waals surface area (Å²) in [5, 5.41) is 8.04. The van der Waals surface area contributed by atoms with E-state index in [9.17, 15) is 14.4 Å². The zero-order valence-electron chi connectivity index (χ0n) is 18.6. The molecule has 0 bridgehead atoms. The van der Waals surface area contributed by atoms with Crippen molar-refractivity contribution in [2.24, 2.45) is 0 Å². The van der Waals surface area contributed by atoms with Gasteiger partial charge >= 0.3 is 5.97 Å². The third-order valence-corrected chi connectivity index (χ3v) is 5.29. The SMILES string of the molecule is CCCCCCn1nc(C(=O)OCC(=O)Nc2cc(Cl)ccc2OC)c2ccccc2c1=O. The zero-order chi connectivity index (χ0) is 23.8. The molecule has 8 nitrogen and oxygen atoms in total. The number of aryl methyl sites for hydroxylation is 1. The number of hydrogen-bond donors (Lipinski definition) is 1. The maximum Gasteiger partial charge on any atom is 0.359 e. The molecule has 1 aromatic heterocycles. The highest BCUT2D eigenvalue weighted by Gasteiger charge is 2.19. The van der Waals surface area contributed by atoms with E-state index in [1.807, 2.05) is 0 Å². The molecule has 0 saturated heterocycles. The van der Waals surface area contributed by atoms with Crippen molar-refractivity contribution in [3.8, 4) is 5.75 Å². The van der Waals surface area contributed by atoms with Crippen molar-refractivity contribution in [3.05, 3.63) is 63.5 Å². The lowest BCUT2D eigenvalue weighted by atomic mass is 10.1. The van der Waals surface area contributed by atoms with Gasteiger partial charge < -0.3 is 14.8 Å². The number of hydrogen-bond acceptors (Lipinski definition) is 6. The normalized spacial score (nSPS) is 10.8. The van der Waals surface area contributed by atoms with E-state index in [-0.39, 0.29) is 11.3 Å². The lowest BCUT2D eigenvalue weighted by Gasteiger charge is -2.12. The molecule has 0 saturated carbocycles. The van der Waals surface area contributed by atoms with Gasteiger partial charge in [0, 0.05) is 17.0 Å². The van der Waals surface area contributed by atoms with Crippen LogP contribution in [0.4, 0.5) is 5.69 Å². The topological polar surface area (TPSA) is 99.5 Å². The molecule has 0 unspecified atom stereocenters. The van der Waals surface area contributed by atoms with E-state index in [0.717, 1.165) is 25.7 Å². The number of fused-ring (bicyclic) bond motifs is 1. The van der Waals surface area contributed by atoms with Crippen molar-refractivity contribution >= 4 is 39.9 Å². The molecule has 2 aromatic carbocycles. The number of amides is 1. The van der Waals surface area contributed by atoms with Crippen molar-refractivity contribution in [2.45, 2.75) is 39.2 Å². The summed E-state index contributed by atoms with van der Waals surface area (Å²) in [6.07, 6.45) is 3.87. The average molecular weight is 472 g/mol. The van der Waals surface area contributed by atoms with Crippen LogP contribution in [0, 0.1) is 0 Å². The summed E-state index contributed by atoms with van der Waals surface area (Å²) >= 11 is 5.97. The number of unbranched alkanes of at least 4 members (excludes halogenated alkanes) is 3. The molecule has 1 N–H and O–H groups in total. The Morgan fingerprint density at radius 1 is 1.09 bits per heavy atom. The van der Waals surface area contributed by atoms with Gasteiger partial charge in [-0.2, -0.15) is 5.10 Å². The molecule has 1 amide bonds. The highest BCUT2D eigenvalue weighted by Crippen LogP contribution is 2.27. The maximum absolute atomic E-state index is 12.8. The van der Waals surface area contributed by atoms with Crippen LogP contribution in [0.1, 0.15) is 43.1 Å². The highest BCUT2D eigenvalue weighted by atomic mass is 35.5. The molecule has 3 aromatic rings. The summed E-state index contributed by atoms with van der Waals surface area (Å²) in [6, 6.07) is 11.5. The van der Waals surface area contributed by atoms with Crippen LogP contribution >= 0.6 is 11.6 Å². The van der Waals surface area contributed by atoms with Crippen LogP contribution in [0.15, 0.2) is 47.3 Å². The zero-order valence-corrected chi connectivity index (χ0v) is 19.4. The van der Waals surface area contributed by atoms with Crippen LogP contribution in [0.2, 0.25) is 5.02 Å². The lowest BCUT2D eigenvalue weighted by Crippen LogP contribution is -2.28. The van der Waals surface area contributed by atoms with Gasteiger partial charge in [-0.25, -0.2) is 9.48 Å². The number of rotatable bonds is 10. The minimum absolute atomic E-state index is 0.00572. The highest BCUT2D eigenvalue weighted by molar-refractivity contribution is 6.31. The van der Waals surface area contributed by atoms with E-state index in [1.54, 1.807) is 36.4 Å². The number of carbonyl (C=O) groups is 2. The average Bonchev–Trinajstić information content (AvgIpc) is 2.82. The number of nitrogens with one attached hydrogen (secondary N) is 1. The number of ether oxygens (including phenoxy) is 2. The van der Waals surface area contributed by atoms with E-state index >= 15 is 0 Å². The Morgan fingerprint density at radius 2 is 1.85 bits per heavy atom. The third kappa shape index (κ3) is 6.10. The summed E-state index contributed by atoms with van der Waals surface area (Å²) in [6.45, 7) is 1.96. The summed E-state index contributed by atoms with van der Waals surface area (Å²) in [5.74, 6) is -0.940. The predicted molar refractivity (Wildman–Crippen MR) is 127 cm³/mol. The van der Waals surface area contributed by atoms with E-state index in [1.165, 1.54) is 17.9 Å². The summed E-state index contributed by atoms with van der Waals surface area (Å²) in [4.78, 5) is 37.9. The fourth-order valence-corrected chi connectivity index (χ4v) is 3.56. The molecule has 0 aliphatic carbocycles. The Hall–Kier alpha value is -3.39. The number of halogens is 1. The molecule has 174 valence electrons. The van der Waals surface area contributed by atoms with Crippen LogP contribution in [0.3, 0.4) is 0 Å². The van der Waals surface area contributed by atoms with Gasteiger partial charge in [0.05, 0.1) is 18.2 Å². The van der Waals surface area contributed by atoms with Crippen molar-refractivity contribution < 1.29 is 19.1 Å². The molecule has 0 aliphatic rings. The Balaban J connectivity index is 1.76. The second-order valence-electron chi connectivity index (χ2n) is 7.45. The quantitative estimate of drug-likeness (QED) is 0.347. The standard InChI is InChI=1S/C24H26ClN3O5/c1-3-4-5-8-13-28-23(30)18-10-7-6-9-17(18)22(27-28)24(31)33-15-21(29)26-19-14-16(25)11-12-20(19)32-2/h6-7,9-12,14H,3-5,8,13,15H2,1-2H3,(H,26,29).